The molecule has 5 nitrogen and oxygen atoms in total. The minimum atomic E-state index is -0.488. The number of ether oxygens (including phenoxy) is 1. The average molecular weight is 352 g/mol. The summed E-state index contributed by atoms with van der Waals surface area (Å²) in [5.41, 5.74) is -0.219. The van der Waals surface area contributed by atoms with E-state index in [1.54, 1.807) is 17.9 Å². The van der Waals surface area contributed by atoms with Crippen LogP contribution in [0.2, 0.25) is 5.02 Å². The number of nitrogens with zero attached hydrogens (tertiary/aromatic N) is 1. The van der Waals surface area contributed by atoms with Gasteiger partial charge in [-0.3, -0.25) is 4.79 Å². The third-order valence-corrected chi connectivity index (χ3v) is 4.08. The van der Waals surface area contributed by atoms with Crippen LogP contribution in [0.1, 0.15) is 22.5 Å². The second-order valence-electron chi connectivity index (χ2n) is 5.63. The summed E-state index contributed by atoms with van der Waals surface area (Å²) < 4.78 is 23.7. The Balaban J connectivity index is 1.68. The molecule has 0 bridgehead atoms. The highest BCUT2D eigenvalue weighted by atomic mass is 35.5. The molecule has 1 aliphatic heterocycles. The monoisotopic (exact) mass is 351 g/mol. The van der Waals surface area contributed by atoms with Crippen LogP contribution in [0.25, 0.3) is 0 Å². The van der Waals surface area contributed by atoms with Crippen LogP contribution in [0.3, 0.4) is 0 Å². The zero-order valence-electron chi connectivity index (χ0n) is 12.9. The highest BCUT2D eigenvalue weighted by Crippen LogP contribution is 2.23. The number of hydrogen-bond acceptors (Lipinski definition) is 4. The SMILES string of the molecule is Cc1cc(OC2CCN(C(=O)c3ccc(F)cc3Cl)C2)cc(=O)o1. The second-order valence-corrected chi connectivity index (χ2v) is 6.03. The van der Waals surface area contributed by atoms with E-state index in [1.807, 2.05) is 0 Å². The maximum atomic E-state index is 13.1. The molecule has 1 saturated heterocycles. The number of hydrogen-bond donors (Lipinski definition) is 0. The maximum Gasteiger partial charge on any atom is 0.339 e. The Bertz CT molecular complexity index is 836. The Hall–Kier alpha value is -2.34. The third-order valence-electron chi connectivity index (χ3n) is 3.76. The van der Waals surface area contributed by atoms with Crippen molar-refractivity contribution < 1.29 is 18.3 Å². The van der Waals surface area contributed by atoms with Crippen LogP contribution in [0.5, 0.6) is 5.75 Å². The highest BCUT2D eigenvalue weighted by molar-refractivity contribution is 6.33. The Kier molecular flexibility index (Phi) is 4.57. The number of halogens is 2. The molecule has 2 aromatic rings. The van der Waals surface area contributed by atoms with Gasteiger partial charge in [-0.15, -0.1) is 0 Å². The van der Waals surface area contributed by atoms with E-state index in [4.69, 9.17) is 20.8 Å². The van der Waals surface area contributed by atoms with Crippen LogP contribution in [-0.2, 0) is 0 Å². The van der Waals surface area contributed by atoms with Crippen molar-refractivity contribution in [1.82, 2.24) is 4.90 Å². The molecular weight excluding hydrogens is 337 g/mol. The molecule has 1 atom stereocenters. The predicted octanol–water partition coefficient (Wildman–Crippen LogP) is 3.03. The van der Waals surface area contributed by atoms with Gasteiger partial charge in [0.25, 0.3) is 5.91 Å². The van der Waals surface area contributed by atoms with Gasteiger partial charge in [-0.25, -0.2) is 9.18 Å². The van der Waals surface area contributed by atoms with Crippen molar-refractivity contribution in [1.29, 1.82) is 0 Å². The fraction of sp³-hybridized carbons (Fsp3) is 0.294. The van der Waals surface area contributed by atoms with Gasteiger partial charge >= 0.3 is 5.63 Å². The van der Waals surface area contributed by atoms with Gasteiger partial charge in [0.15, 0.2) is 0 Å². The van der Waals surface area contributed by atoms with Gasteiger partial charge in [0.1, 0.15) is 23.4 Å². The Morgan fingerprint density at radius 3 is 2.88 bits per heavy atom. The van der Waals surface area contributed by atoms with Gasteiger partial charge in [-0.1, -0.05) is 11.6 Å². The third kappa shape index (κ3) is 3.59. The van der Waals surface area contributed by atoms with Crippen molar-refractivity contribution in [2.24, 2.45) is 0 Å². The first-order valence-electron chi connectivity index (χ1n) is 7.45. The van der Waals surface area contributed by atoms with Gasteiger partial charge in [0, 0.05) is 19.0 Å². The van der Waals surface area contributed by atoms with Crippen molar-refractivity contribution >= 4 is 17.5 Å². The molecule has 0 aliphatic carbocycles. The first-order valence-corrected chi connectivity index (χ1v) is 7.83. The standard InChI is InChI=1S/C17H15ClFNO4/c1-10-6-13(8-16(21)23-10)24-12-4-5-20(9-12)17(22)14-3-2-11(19)7-15(14)18/h2-3,6-8,12H,4-5,9H2,1H3. The van der Waals surface area contributed by atoms with E-state index in [0.717, 1.165) is 6.07 Å². The van der Waals surface area contributed by atoms with E-state index in [1.165, 1.54) is 18.2 Å². The summed E-state index contributed by atoms with van der Waals surface area (Å²) in [4.78, 5) is 25.4. The Morgan fingerprint density at radius 1 is 1.38 bits per heavy atom. The lowest BCUT2D eigenvalue weighted by Gasteiger charge is -2.18. The lowest BCUT2D eigenvalue weighted by Crippen LogP contribution is -2.31. The summed E-state index contributed by atoms with van der Waals surface area (Å²) in [6.45, 7) is 2.53. The largest absolute Gasteiger partial charge is 0.488 e. The van der Waals surface area contributed by atoms with Gasteiger partial charge in [-0.05, 0) is 25.1 Å². The highest BCUT2D eigenvalue weighted by Gasteiger charge is 2.29. The minimum absolute atomic E-state index is 0.0839. The number of benzene rings is 1. The molecule has 0 spiro atoms. The summed E-state index contributed by atoms with van der Waals surface area (Å²) >= 11 is 5.94. The van der Waals surface area contributed by atoms with Crippen molar-refractivity contribution in [3.05, 3.63) is 62.9 Å². The number of amides is 1. The fourth-order valence-electron chi connectivity index (χ4n) is 2.68. The summed E-state index contributed by atoms with van der Waals surface area (Å²) in [6, 6.07) is 6.59. The molecule has 1 amide bonds. The van der Waals surface area contributed by atoms with Gasteiger partial charge < -0.3 is 14.1 Å². The van der Waals surface area contributed by atoms with Gasteiger partial charge in [-0.2, -0.15) is 0 Å². The quantitative estimate of drug-likeness (QED) is 0.852. The zero-order valence-corrected chi connectivity index (χ0v) is 13.7. The van der Waals surface area contributed by atoms with E-state index in [0.29, 0.717) is 31.0 Å². The Morgan fingerprint density at radius 2 is 2.17 bits per heavy atom. The van der Waals surface area contributed by atoms with Gasteiger partial charge in [0.05, 0.1) is 23.2 Å². The van der Waals surface area contributed by atoms with E-state index in [2.05, 4.69) is 0 Å². The maximum absolute atomic E-state index is 13.1. The first kappa shape index (κ1) is 16.5. The van der Waals surface area contributed by atoms with Crippen LogP contribution in [-0.4, -0.2) is 30.0 Å². The molecule has 2 heterocycles. The lowest BCUT2D eigenvalue weighted by molar-refractivity contribution is 0.0772. The molecule has 24 heavy (non-hydrogen) atoms. The average Bonchev–Trinajstić information content (AvgIpc) is 2.94. The van der Waals surface area contributed by atoms with E-state index < -0.39 is 11.4 Å². The number of carbonyl (C=O) groups is 1. The van der Waals surface area contributed by atoms with Crippen LogP contribution in [0.4, 0.5) is 4.39 Å². The van der Waals surface area contributed by atoms with Crippen molar-refractivity contribution in [3.63, 3.8) is 0 Å². The number of aryl methyl sites for hydroxylation is 1. The predicted molar refractivity (Wildman–Crippen MR) is 86.1 cm³/mol. The molecule has 0 radical (unpaired) electrons. The van der Waals surface area contributed by atoms with E-state index >= 15 is 0 Å². The smallest absolute Gasteiger partial charge is 0.339 e. The normalized spacial score (nSPS) is 17.1. The van der Waals surface area contributed by atoms with Crippen LogP contribution >= 0.6 is 11.6 Å². The van der Waals surface area contributed by atoms with Crippen molar-refractivity contribution in [2.75, 3.05) is 13.1 Å². The molecule has 1 aromatic heterocycles. The molecule has 0 saturated carbocycles. The summed E-state index contributed by atoms with van der Waals surface area (Å²) in [6.07, 6.45) is 0.401. The topological polar surface area (TPSA) is 59.8 Å². The fourth-order valence-corrected chi connectivity index (χ4v) is 2.93. The number of rotatable bonds is 3. The minimum Gasteiger partial charge on any atom is -0.488 e. The molecular formula is C17H15ClFNO4. The number of carbonyl (C=O) groups excluding carboxylic acids is 1. The van der Waals surface area contributed by atoms with Crippen LogP contribution in [0.15, 0.2) is 39.5 Å². The number of likely N-dealkylation sites (tertiary alicyclic amines) is 1. The molecule has 3 rings (SSSR count). The zero-order chi connectivity index (χ0) is 17.3. The molecule has 7 heteroatoms. The van der Waals surface area contributed by atoms with E-state index in [9.17, 15) is 14.0 Å². The second kappa shape index (κ2) is 6.65. The van der Waals surface area contributed by atoms with Crippen molar-refractivity contribution in [2.45, 2.75) is 19.4 Å². The van der Waals surface area contributed by atoms with E-state index in [-0.39, 0.29) is 22.6 Å². The van der Waals surface area contributed by atoms with Crippen LogP contribution < -0.4 is 10.4 Å². The van der Waals surface area contributed by atoms with Crippen molar-refractivity contribution in [3.8, 4) is 5.75 Å². The first-order chi connectivity index (χ1) is 11.4. The molecule has 1 aliphatic rings. The van der Waals surface area contributed by atoms with Gasteiger partial charge in [0.2, 0.25) is 0 Å². The summed E-state index contributed by atoms with van der Waals surface area (Å²) in [5, 5.41) is 0.0839. The summed E-state index contributed by atoms with van der Waals surface area (Å²) in [5.74, 6) is 0.122. The van der Waals surface area contributed by atoms with Crippen LogP contribution in [0, 0.1) is 12.7 Å². The summed E-state index contributed by atoms with van der Waals surface area (Å²) in [7, 11) is 0. The Labute approximate surface area is 142 Å². The molecule has 126 valence electrons. The molecule has 1 fully saturated rings. The molecule has 1 unspecified atom stereocenters. The molecule has 1 aromatic carbocycles. The molecule has 0 N–H and O–H groups in total. The lowest BCUT2D eigenvalue weighted by atomic mass is 10.2.